The standard InChI is InChI=1S/C41H49ClN6O9S/c1-3-11-33(49)46-39-44-29(22-58-39)28-19-32(26-16-17-31(55-2)34(42)35(26)43-28)56-25-18-30-36(50)47-41(38(52)53)20-23(41)12-7-5-4-6-8-15-27(37(51)48(30)21-25)45-40(54)57-24-13-9-10-14-24/h7,12,16-17,19,22-25,27,30H,3-6,8-11,13-15,18,20-21H2,1-2H3,(H,45,54)(H,47,50)(H,52,53)(H,44,46,49)/b12-7-/t23-,25-,27+,30+,41-/m1/s1. The Kier molecular flexibility index (Phi) is 12.7. The number of rotatable bonds is 10. The summed E-state index contributed by atoms with van der Waals surface area (Å²) >= 11 is 8.06. The first kappa shape index (κ1) is 41.2. The van der Waals surface area contributed by atoms with Crippen LogP contribution in [-0.4, -0.2) is 93.2 Å². The molecule has 2 aliphatic carbocycles. The van der Waals surface area contributed by atoms with Crippen LogP contribution in [-0.2, 0) is 23.9 Å². The number of thiazole rings is 1. The minimum Gasteiger partial charge on any atom is -0.495 e. The molecule has 310 valence electrons. The van der Waals surface area contributed by atoms with Gasteiger partial charge in [0.05, 0.1) is 24.9 Å². The van der Waals surface area contributed by atoms with Gasteiger partial charge in [-0.1, -0.05) is 43.5 Å². The van der Waals surface area contributed by atoms with E-state index in [1.807, 2.05) is 19.1 Å². The normalized spacial score (nSPS) is 25.7. The molecule has 0 bridgehead atoms. The van der Waals surface area contributed by atoms with E-state index in [2.05, 4.69) is 20.9 Å². The maximum Gasteiger partial charge on any atom is 0.408 e. The van der Waals surface area contributed by atoms with Crippen LogP contribution in [0.4, 0.5) is 9.93 Å². The summed E-state index contributed by atoms with van der Waals surface area (Å²) in [5, 5.41) is 21.6. The van der Waals surface area contributed by atoms with E-state index in [0.29, 0.717) is 64.6 Å². The second-order valence-electron chi connectivity index (χ2n) is 15.5. The topological polar surface area (TPSA) is 198 Å². The molecule has 2 aromatic heterocycles. The van der Waals surface area contributed by atoms with E-state index in [1.165, 1.54) is 23.3 Å². The number of allylic oxidation sites excluding steroid dienone is 1. The maximum absolute atomic E-state index is 14.6. The van der Waals surface area contributed by atoms with E-state index in [1.54, 1.807) is 23.6 Å². The fourth-order valence-electron chi connectivity index (χ4n) is 8.11. The Bertz CT molecular complexity index is 2090. The summed E-state index contributed by atoms with van der Waals surface area (Å²) in [7, 11) is 1.49. The van der Waals surface area contributed by atoms with E-state index in [9.17, 15) is 29.1 Å². The number of nitrogens with one attached hydrogen (secondary N) is 3. The van der Waals surface area contributed by atoms with Gasteiger partial charge in [-0.05, 0) is 69.9 Å². The summed E-state index contributed by atoms with van der Waals surface area (Å²) in [4.78, 5) is 77.7. The van der Waals surface area contributed by atoms with E-state index in [-0.39, 0.29) is 42.3 Å². The first-order chi connectivity index (χ1) is 28.0. The zero-order valence-corrected chi connectivity index (χ0v) is 34.2. The van der Waals surface area contributed by atoms with Gasteiger partial charge >= 0.3 is 12.1 Å². The number of aliphatic carboxylic acids is 1. The number of amides is 4. The minimum atomic E-state index is -1.49. The molecule has 4 amide bonds. The smallest absolute Gasteiger partial charge is 0.408 e. The van der Waals surface area contributed by atoms with Crippen molar-refractivity contribution in [2.45, 2.75) is 120 Å². The van der Waals surface area contributed by atoms with Gasteiger partial charge in [0.15, 0.2) is 5.13 Å². The Morgan fingerprint density at radius 3 is 2.60 bits per heavy atom. The van der Waals surface area contributed by atoms with Crippen LogP contribution in [0.25, 0.3) is 22.3 Å². The van der Waals surface area contributed by atoms with Crippen LogP contribution in [0.3, 0.4) is 0 Å². The first-order valence-corrected chi connectivity index (χ1v) is 21.3. The molecule has 0 spiro atoms. The molecule has 0 radical (unpaired) electrons. The molecule has 4 aliphatic rings. The molecular weight excluding hydrogens is 788 g/mol. The summed E-state index contributed by atoms with van der Waals surface area (Å²) in [6, 6.07) is 3.04. The Morgan fingerprint density at radius 2 is 1.84 bits per heavy atom. The van der Waals surface area contributed by atoms with Gasteiger partial charge in [0.25, 0.3) is 0 Å². The van der Waals surface area contributed by atoms with Crippen molar-refractivity contribution in [2.75, 3.05) is 19.0 Å². The molecule has 3 aromatic rings. The van der Waals surface area contributed by atoms with Crippen molar-refractivity contribution >= 4 is 68.8 Å². The van der Waals surface area contributed by atoms with Crippen molar-refractivity contribution < 1.29 is 43.3 Å². The number of alkyl carbamates (subject to hydrolysis) is 1. The van der Waals surface area contributed by atoms with Crippen molar-refractivity contribution in [1.29, 1.82) is 0 Å². The van der Waals surface area contributed by atoms with Crippen molar-refractivity contribution in [3.05, 3.63) is 40.8 Å². The number of anilines is 1. The van der Waals surface area contributed by atoms with Crippen LogP contribution in [0.1, 0.15) is 90.4 Å². The fraction of sp³-hybridized carbons (Fsp3) is 0.537. The number of carbonyl (C=O) groups excluding carboxylic acids is 4. The molecular formula is C41H49ClN6O9S. The van der Waals surface area contributed by atoms with E-state index in [0.717, 1.165) is 44.9 Å². The molecule has 1 aromatic carbocycles. The number of hydrogen-bond acceptors (Lipinski definition) is 11. The van der Waals surface area contributed by atoms with Gasteiger partial charge in [0.2, 0.25) is 17.7 Å². The average Bonchev–Trinajstić information content (AvgIpc) is 3.62. The summed E-state index contributed by atoms with van der Waals surface area (Å²) in [6.07, 6.45) is 10.2. The number of methoxy groups -OCH3 is 1. The molecule has 15 nitrogen and oxygen atoms in total. The van der Waals surface area contributed by atoms with Crippen LogP contribution in [0.15, 0.2) is 35.7 Å². The second kappa shape index (κ2) is 17.9. The van der Waals surface area contributed by atoms with Gasteiger partial charge in [-0.25, -0.2) is 19.6 Å². The highest BCUT2D eigenvalue weighted by molar-refractivity contribution is 7.14. The largest absolute Gasteiger partial charge is 0.495 e. The highest BCUT2D eigenvalue weighted by Crippen LogP contribution is 2.46. The fourth-order valence-corrected chi connectivity index (χ4v) is 9.12. The number of nitrogens with zero attached hydrogens (tertiary/aromatic N) is 3. The summed E-state index contributed by atoms with van der Waals surface area (Å²) in [5.41, 5.74) is -0.270. The molecule has 2 aliphatic heterocycles. The molecule has 7 rings (SSSR count). The van der Waals surface area contributed by atoms with E-state index < -0.39 is 47.6 Å². The number of carboxylic acids is 1. The van der Waals surface area contributed by atoms with E-state index in [4.69, 9.17) is 30.8 Å². The third kappa shape index (κ3) is 9.02. The van der Waals surface area contributed by atoms with Crippen molar-refractivity contribution in [3.8, 4) is 22.9 Å². The Hall–Kier alpha value is -4.96. The Morgan fingerprint density at radius 1 is 1.05 bits per heavy atom. The molecule has 3 fully saturated rings. The van der Waals surface area contributed by atoms with Crippen LogP contribution in [0, 0.1) is 5.92 Å². The molecule has 17 heteroatoms. The quantitative estimate of drug-likeness (QED) is 0.160. The highest BCUT2D eigenvalue weighted by Gasteiger charge is 2.61. The highest BCUT2D eigenvalue weighted by atomic mass is 35.5. The predicted octanol–water partition coefficient (Wildman–Crippen LogP) is 6.62. The zero-order chi connectivity index (χ0) is 41.0. The number of pyridine rings is 1. The van der Waals surface area contributed by atoms with Crippen LogP contribution >= 0.6 is 22.9 Å². The minimum absolute atomic E-state index is 0.0281. The van der Waals surface area contributed by atoms with Crippen LogP contribution in [0.2, 0.25) is 5.02 Å². The monoisotopic (exact) mass is 836 g/mol. The van der Waals surface area contributed by atoms with Crippen molar-refractivity contribution in [2.24, 2.45) is 5.92 Å². The number of carboxylic acid groups (broad SMARTS) is 1. The van der Waals surface area contributed by atoms with Crippen molar-refractivity contribution in [3.63, 3.8) is 0 Å². The van der Waals surface area contributed by atoms with Gasteiger partial charge in [0.1, 0.15) is 52.0 Å². The van der Waals surface area contributed by atoms with Gasteiger partial charge in [-0.2, -0.15) is 0 Å². The Balaban J connectivity index is 1.21. The van der Waals surface area contributed by atoms with Gasteiger partial charge in [0, 0.05) is 35.6 Å². The van der Waals surface area contributed by atoms with Gasteiger partial charge in [-0.3, -0.25) is 14.4 Å². The predicted molar refractivity (Wildman–Crippen MR) is 217 cm³/mol. The lowest BCUT2D eigenvalue weighted by molar-refractivity contribution is -0.145. The lowest BCUT2D eigenvalue weighted by atomic mass is 10.0. The van der Waals surface area contributed by atoms with Crippen molar-refractivity contribution in [1.82, 2.24) is 25.5 Å². The third-order valence-corrected chi connectivity index (χ3v) is 12.5. The number of benzene rings is 1. The lowest BCUT2D eigenvalue weighted by Gasteiger charge is -2.29. The maximum atomic E-state index is 14.6. The van der Waals surface area contributed by atoms with E-state index >= 15 is 0 Å². The molecule has 0 unspecified atom stereocenters. The van der Waals surface area contributed by atoms with Gasteiger partial charge in [-0.15, -0.1) is 11.3 Å². The molecule has 1 saturated heterocycles. The molecule has 2 saturated carbocycles. The molecule has 58 heavy (non-hydrogen) atoms. The number of hydrogen-bond donors (Lipinski definition) is 4. The van der Waals surface area contributed by atoms with Crippen LogP contribution < -0.4 is 25.4 Å². The molecule has 5 atom stereocenters. The Labute approximate surface area is 345 Å². The number of aromatic nitrogens is 2. The zero-order valence-electron chi connectivity index (χ0n) is 32.6. The number of fused-ring (bicyclic) bond motifs is 3. The second-order valence-corrected chi connectivity index (χ2v) is 16.7. The number of carbonyl (C=O) groups is 5. The summed E-state index contributed by atoms with van der Waals surface area (Å²) in [6.45, 7) is 1.88. The number of halogens is 1. The van der Waals surface area contributed by atoms with Gasteiger partial charge < -0.3 is 40.2 Å². The molecule has 4 N–H and O–H groups in total. The summed E-state index contributed by atoms with van der Waals surface area (Å²) in [5.74, 6) is -2.04. The molecule has 4 heterocycles. The van der Waals surface area contributed by atoms with Crippen LogP contribution in [0.5, 0.6) is 11.5 Å². The number of ether oxygens (including phenoxy) is 3. The SMILES string of the molecule is CCCC(=O)Nc1nc(-c2cc(O[C@@H]3C[C@H]4C(=O)N[C@]5(C(=O)O)C[C@H]5/C=C\CCCCC[C@H](NC(=O)OC5CCCC5)C(=O)N4C3)c3ccc(OC)c(Cl)c3n2)cs1. The summed E-state index contributed by atoms with van der Waals surface area (Å²) < 4.78 is 17.8. The first-order valence-electron chi connectivity index (χ1n) is 20.1. The third-order valence-electron chi connectivity index (χ3n) is 11.3. The lowest BCUT2D eigenvalue weighted by Crippen LogP contribution is -2.56. The average molecular weight is 837 g/mol.